The Morgan fingerprint density at radius 1 is 1.12 bits per heavy atom. The lowest BCUT2D eigenvalue weighted by Gasteiger charge is -2.23. The smallest absolute Gasteiger partial charge is 0.372 e. The number of thiazole rings is 1. The summed E-state index contributed by atoms with van der Waals surface area (Å²) in [6.45, 7) is 0.627. The van der Waals surface area contributed by atoms with E-state index in [1.165, 1.54) is 24.3 Å². The summed E-state index contributed by atoms with van der Waals surface area (Å²) in [5.74, 6) is 0.346. The van der Waals surface area contributed by atoms with Crippen molar-refractivity contribution in [1.82, 2.24) is 0 Å². The van der Waals surface area contributed by atoms with E-state index in [-0.39, 0.29) is 11.5 Å². The van der Waals surface area contributed by atoms with Gasteiger partial charge in [-0.25, -0.2) is 4.57 Å². The van der Waals surface area contributed by atoms with E-state index in [4.69, 9.17) is 20.6 Å². The molecule has 0 saturated heterocycles. The zero-order valence-electron chi connectivity index (χ0n) is 12.4. The molecule has 8 heteroatoms. The average molecular weight is 382 g/mol. The van der Waals surface area contributed by atoms with E-state index in [9.17, 15) is 9.46 Å². The Labute approximate surface area is 148 Å². The fourth-order valence-electron chi connectivity index (χ4n) is 2.04. The maximum atomic E-state index is 12.0. The molecule has 0 aliphatic heterocycles. The predicted octanol–water partition coefficient (Wildman–Crippen LogP) is 3.66. The third kappa shape index (κ3) is 4.82. The first-order chi connectivity index (χ1) is 11.5. The number of benzene rings is 2. The molecule has 0 spiro atoms. The van der Waals surface area contributed by atoms with Crippen molar-refractivity contribution in [3.8, 4) is 11.5 Å². The van der Waals surface area contributed by atoms with E-state index in [2.05, 4.69) is 0 Å². The summed E-state index contributed by atoms with van der Waals surface area (Å²) in [6.07, 6.45) is 1.94. The van der Waals surface area contributed by atoms with Crippen molar-refractivity contribution >= 4 is 30.8 Å². The Morgan fingerprint density at radius 3 is 2.58 bits per heavy atom. The van der Waals surface area contributed by atoms with Gasteiger partial charge in [-0.2, -0.15) is 4.57 Å². The monoisotopic (exact) mass is 381 g/mol. The van der Waals surface area contributed by atoms with E-state index < -0.39 is 7.82 Å². The number of phosphoric ester groups is 1. The highest BCUT2D eigenvalue weighted by molar-refractivity contribution is 7.46. The minimum atomic E-state index is -4.54. The molecular formula is C16H13ClNO4PS. The molecule has 0 N–H and O–H groups in total. The van der Waals surface area contributed by atoms with Crippen molar-refractivity contribution in [2.45, 2.75) is 6.54 Å². The number of nitrogens with zero attached hydrogens (tertiary/aromatic N) is 1. The zero-order chi connectivity index (χ0) is 17.0. The minimum absolute atomic E-state index is 0.141. The molecule has 24 heavy (non-hydrogen) atoms. The summed E-state index contributed by atoms with van der Waals surface area (Å²) in [6, 6.07) is 12.9. The summed E-state index contributed by atoms with van der Waals surface area (Å²) in [5.41, 5.74) is 2.89. The first-order valence-electron chi connectivity index (χ1n) is 6.96. The first-order valence-corrected chi connectivity index (χ1v) is 9.74. The Morgan fingerprint density at radius 2 is 1.88 bits per heavy atom. The number of hydrogen-bond donors (Lipinski definition) is 0. The van der Waals surface area contributed by atoms with Gasteiger partial charge in [0, 0.05) is 10.6 Å². The number of rotatable bonds is 6. The highest BCUT2D eigenvalue weighted by atomic mass is 35.5. The van der Waals surface area contributed by atoms with Gasteiger partial charge in [-0.1, -0.05) is 35.1 Å². The number of hydrogen-bond acceptors (Lipinski definition) is 5. The molecule has 5 nitrogen and oxygen atoms in total. The van der Waals surface area contributed by atoms with Gasteiger partial charge in [-0.05, 0) is 36.4 Å². The van der Waals surface area contributed by atoms with Crippen LogP contribution in [0.15, 0.2) is 65.6 Å². The second-order valence-electron chi connectivity index (χ2n) is 4.93. The average Bonchev–Trinajstić information content (AvgIpc) is 3.02. The summed E-state index contributed by atoms with van der Waals surface area (Å²) >= 11 is 7.34. The molecule has 1 unspecified atom stereocenters. The molecule has 124 valence electrons. The second-order valence-corrected chi connectivity index (χ2v) is 7.38. The topological polar surface area (TPSA) is 62.5 Å². The van der Waals surface area contributed by atoms with Crippen LogP contribution in [0, 0.1) is 0 Å². The molecule has 1 aromatic heterocycles. The van der Waals surface area contributed by atoms with Crippen molar-refractivity contribution in [1.29, 1.82) is 0 Å². The lowest BCUT2D eigenvalue weighted by atomic mass is 10.2. The Balaban J connectivity index is 1.70. The Kier molecular flexibility index (Phi) is 5.21. The summed E-state index contributed by atoms with van der Waals surface area (Å²) in [5, 5.41) is 2.45. The van der Waals surface area contributed by atoms with Crippen molar-refractivity contribution in [3.63, 3.8) is 0 Å². The second kappa shape index (κ2) is 7.36. The van der Waals surface area contributed by atoms with Crippen LogP contribution in [0.2, 0.25) is 5.02 Å². The normalized spacial score (nSPS) is 13.2. The standard InChI is InChI=1S/C16H13ClNO4PS/c17-14-4-6-15(7-5-14)21-23(19,20)22-16-3-1-2-13(10-16)11-18-8-9-24-12-18/h1-10,12H,11H2. The summed E-state index contributed by atoms with van der Waals surface area (Å²) < 4.78 is 24.0. The SMILES string of the molecule is O=P([O-])(Oc1ccc(Cl)cc1)Oc1cccc(C[n+]2ccsc2)c1. The van der Waals surface area contributed by atoms with Crippen LogP contribution in [0.1, 0.15) is 5.56 Å². The molecule has 0 bridgehead atoms. The summed E-state index contributed by atoms with van der Waals surface area (Å²) in [4.78, 5) is 12.0. The van der Waals surface area contributed by atoms with Gasteiger partial charge in [-0.3, -0.25) is 0 Å². The fraction of sp³-hybridized carbons (Fsp3) is 0.0625. The van der Waals surface area contributed by atoms with Gasteiger partial charge in [0.15, 0.2) is 12.7 Å². The van der Waals surface area contributed by atoms with Gasteiger partial charge in [0.2, 0.25) is 5.51 Å². The van der Waals surface area contributed by atoms with Gasteiger partial charge >= 0.3 is 7.82 Å². The van der Waals surface area contributed by atoms with Crippen LogP contribution >= 0.6 is 30.8 Å². The minimum Gasteiger partial charge on any atom is -0.736 e. The zero-order valence-corrected chi connectivity index (χ0v) is 14.8. The van der Waals surface area contributed by atoms with Gasteiger partial charge in [0.05, 0.1) is 5.38 Å². The molecule has 3 aromatic rings. The van der Waals surface area contributed by atoms with Crippen LogP contribution in [-0.2, 0) is 11.1 Å². The van der Waals surface area contributed by atoms with Crippen LogP contribution in [-0.4, -0.2) is 0 Å². The highest BCUT2D eigenvalue weighted by Crippen LogP contribution is 2.40. The Bertz CT molecular complexity index is 855. The van der Waals surface area contributed by atoms with E-state index in [0.717, 1.165) is 5.56 Å². The van der Waals surface area contributed by atoms with E-state index in [0.29, 0.717) is 11.6 Å². The van der Waals surface area contributed by atoms with Gasteiger partial charge in [-0.15, -0.1) is 0 Å². The third-order valence-electron chi connectivity index (χ3n) is 3.04. The molecule has 2 aromatic carbocycles. The van der Waals surface area contributed by atoms with Crippen LogP contribution in [0.25, 0.3) is 0 Å². The van der Waals surface area contributed by atoms with Crippen molar-refractivity contribution in [3.05, 3.63) is 76.2 Å². The number of aromatic nitrogens is 1. The molecule has 1 atom stereocenters. The van der Waals surface area contributed by atoms with Gasteiger partial charge < -0.3 is 13.9 Å². The highest BCUT2D eigenvalue weighted by Gasteiger charge is 2.14. The molecule has 0 radical (unpaired) electrons. The van der Waals surface area contributed by atoms with E-state index in [1.807, 2.05) is 27.7 Å². The number of halogens is 1. The maximum absolute atomic E-state index is 12.0. The van der Waals surface area contributed by atoms with Crippen LogP contribution in [0.5, 0.6) is 11.5 Å². The predicted molar refractivity (Wildman–Crippen MR) is 90.4 cm³/mol. The number of phosphoric acid groups is 1. The van der Waals surface area contributed by atoms with Crippen LogP contribution in [0.3, 0.4) is 0 Å². The van der Waals surface area contributed by atoms with E-state index >= 15 is 0 Å². The lowest BCUT2D eigenvalue weighted by molar-refractivity contribution is -0.683. The van der Waals surface area contributed by atoms with Crippen LogP contribution < -0.4 is 18.5 Å². The lowest BCUT2D eigenvalue weighted by Crippen LogP contribution is -2.30. The van der Waals surface area contributed by atoms with Gasteiger partial charge in [0.25, 0.3) is 0 Å². The quantitative estimate of drug-likeness (QED) is 0.483. The maximum Gasteiger partial charge on any atom is 0.372 e. The van der Waals surface area contributed by atoms with E-state index in [1.54, 1.807) is 29.5 Å². The van der Waals surface area contributed by atoms with Gasteiger partial charge in [0.1, 0.15) is 11.5 Å². The van der Waals surface area contributed by atoms with Crippen molar-refractivity contribution in [2.24, 2.45) is 0 Å². The molecule has 0 aliphatic rings. The molecule has 1 heterocycles. The molecule has 0 aliphatic carbocycles. The molecule has 0 fully saturated rings. The van der Waals surface area contributed by atoms with Crippen molar-refractivity contribution < 1.29 is 23.1 Å². The molecule has 3 rings (SSSR count). The Hall–Kier alpha value is -1.85. The van der Waals surface area contributed by atoms with Crippen molar-refractivity contribution in [2.75, 3.05) is 0 Å². The molecular weight excluding hydrogens is 369 g/mol. The first kappa shape index (κ1) is 17.0. The molecule has 0 saturated carbocycles. The summed E-state index contributed by atoms with van der Waals surface area (Å²) in [7, 11) is -4.54. The largest absolute Gasteiger partial charge is 0.736 e. The molecule has 0 amide bonds. The third-order valence-corrected chi connectivity index (χ3v) is 4.83. The fourth-order valence-corrected chi connectivity index (χ4v) is 3.55. The van der Waals surface area contributed by atoms with Crippen LogP contribution in [0.4, 0.5) is 0 Å².